The van der Waals surface area contributed by atoms with E-state index in [1.54, 1.807) is 24.4 Å². The molecule has 1 fully saturated rings. The first-order valence-electron chi connectivity index (χ1n) is 8.91. The average Bonchev–Trinajstić information content (AvgIpc) is 2.60. The Morgan fingerprint density at radius 1 is 1.36 bits per heavy atom. The first-order chi connectivity index (χ1) is 12.0. The summed E-state index contributed by atoms with van der Waals surface area (Å²) in [6, 6.07) is 3.95. The topological polar surface area (TPSA) is 83.1 Å². The standard InChI is InChI=1S/C19H28N4O2/c1-4-10-20-18(24)15-8-9-17(21-12-15)23-16-7-5-6-14(11-16)19(25)22-13(2)3/h4,8-9,12-14,16H,1,5-7,10-11H2,2-3H3,(H,20,24)(H,21,23)(H,22,25)/t14-,16-/m0/s1. The molecule has 25 heavy (non-hydrogen) atoms. The highest BCUT2D eigenvalue weighted by atomic mass is 16.2. The van der Waals surface area contributed by atoms with Gasteiger partial charge in [0.05, 0.1) is 5.56 Å². The summed E-state index contributed by atoms with van der Waals surface area (Å²) in [5, 5.41) is 9.11. The van der Waals surface area contributed by atoms with E-state index in [1.807, 2.05) is 13.8 Å². The lowest BCUT2D eigenvalue weighted by molar-refractivity contribution is -0.126. The van der Waals surface area contributed by atoms with Crippen LogP contribution in [0.25, 0.3) is 0 Å². The van der Waals surface area contributed by atoms with Gasteiger partial charge in [-0.25, -0.2) is 4.98 Å². The molecule has 136 valence electrons. The fourth-order valence-corrected chi connectivity index (χ4v) is 3.05. The molecule has 1 saturated carbocycles. The molecule has 2 amide bonds. The summed E-state index contributed by atoms with van der Waals surface area (Å²) in [6.07, 6.45) is 6.99. The zero-order valence-corrected chi connectivity index (χ0v) is 15.0. The van der Waals surface area contributed by atoms with E-state index in [-0.39, 0.29) is 29.8 Å². The fourth-order valence-electron chi connectivity index (χ4n) is 3.05. The van der Waals surface area contributed by atoms with Crippen LogP contribution in [0.2, 0.25) is 0 Å². The number of hydrogen-bond donors (Lipinski definition) is 3. The van der Waals surface area contributed by atoms with Crippen molar-refractivity contribution in [3.8, 4) is 0 Å². The first kappa shape index (κ1) is 19.0. The highest BCUT2D eigenvalue weighted by molar-refractivity contribution is 5.94. The van der Waals surface area contributed by atoms with Gasteiger partial charge >= 0.3 is 0 Å². The van der Waals surface area contributed by atoms with Crippen molar-refractivity contribution in [1.82, 2.24) is 15.6 Å². The first-order valence-corrected chi connectivity index (χ1v) is 8.91. The van der Waals surface area contributed by atoms with Gasteiger partial charge in [0.25, 0.3) is 5.91 Å². The van der Waals surface area contributed by atoms with E-state index >= 15 is 0 Å². The van der Waals surface area contributed by atoms with Crippen molar-refractivity contribution in [3.63, 3.8) is 0 Å². The average molecular weight is 344 g/mol. The van der Waals surface area contributed by atoms with Gasteiger partial charge in [-0.15, -0.1) is 6.58 Å². The molecule has 0 radical (unpaired) electrons. The van der Waals surface area contributed by atoms with Crippen LogP contribution in [0.4, 0.5) is 5.82 Å². The molecule has 0 spiro atoms. The van der Waals surface area contributed by atoms with Crippen LogP contribution in [0.5, 0.6) is 0 Å². The molecular weight excluding hydrogens is 316 g/mol. The number of anilines is 1. The highest BCUT2D eigenvalue weighted by Gasteiger charge is 2.27. The minimum absolute atomic E-state index is 0.0533. The van der Waals surface area contributed by atoms with Crippen molar-refractivity contribution >= 4 is 17.6 Å². The van der Waals surface area contributed by atoms with Crippen molar-refractivity contribution in [1.29, 1.82) is 0 Å². The van der Waals surface area contributed by atoms with E-state index in [4.69, 9.17) is 0 Å². The third kappa shape index (κ3) is 5.89. The van der Waals surface area contributed by atoms with Crippen molar-refractivity contribution in [2.45, 2.75) is 51.6 Å². The van der Waals surface area contributed by atoms with Gasteiger partial charge in [-0.3, -0.25) is 9.59 Å². The number of hydrogen-bond acceptors (Lipinski definition) is 4. The van der Waals surface area contributed by atoms with Crippen LogP contribution in [0, 0.1) is 5.92 Å². The Morgan fingerprint density at radius 2 is 2.16 bits per heavy atom. The molecule has 6 nitrogen and oxygen atoms in total. The lowest BCUT2D eigenvalue weighted by Crippen LogP contribution is -2.40. The minimum atomic E-state index is -0.165. The molecule has 2 atom stereocenters. The van der Waals surface area contributed by atoms with Gasteiger partial charge in [0.15, 0.2) is 0 Å². The number of carbonyl (C=O) groups excluding carboxylic acids is 2. The van der Waals surface area contributed by atoms with Crippen LogP contribution in [0.3, 0.4) is 0 Å². The van der Waals surface area contributed by atoms with Crippen LogP contribution in [-0.4, -0.2) is 35.4 Å². The summed E-state index contributed by atoms with van der Waals surface area (Å²) in [6.45, 7) is 7.96. The summed E-state index contributed by atoms with van der Waals surface area (Å²) < 4.78 is 0. The highest BCUT2D eigenvalue weighted by Crippen LogP contribution is 2.26. The normalized spacial score (nSPS) is 20.0. The van der Waals surface area contributed by atoms with Gasteiger partial charge in [0.1, 0.15) is 5.82 Å². The SMILES string of the molecule is C=CCNC(=O)c1ccc(N[C@H]2CCC[C@H](C(=O)NC(C)C)C2)nc1. The van der Waals surface area contributed by atoms with Crippen LogP contribution >= 0.6 is 0 Å². The van der Waals surface area contributed by atoms with Gasteiger partial charge < -0.3 is 16.0 Å². The Kier molecular flexibility index (Phi) is 6.98. The van der Waals surface area contributed by atoms with Gasteiger partial charge in [0.2, 0.25) is 5.91 Å². The molecule has 1 aliphatic carbocycles. The molecule has 0 saturated heterocycles. The van der Waals surface area contributed by atoms with E-state index in [0.717, 1.165) is 31.5 Å². The molecule has 0 unspecified atom stereocenters. The van der Waals surface area contributed by atoms with Crippen molar-refractivity contribution in [2.24, 2.45) is 5.92 Å². The smallest absolute Gasteiger partial charge is 0.253 e. The third-order valence-corrected chi connectivity index (χ3v) is 4.26. The quantitative estimate of drug-likeness (QED) is 0.664. The molecule has 1 aromatic rings. The monoisotopic (exact) mass is 344 g/mol. The van der Waals surface area contributed by atoms with Gasteiger partial charge in [-0.2, -0.15) is 0 Å². The van der Waals surface area contributed by atoms with Gasteiger partial charge in [-0.05, 0) is 45.2 Å². The van der Waals surface area contributed by atoms with Crippen LogP contribution in [-0.2, 0) is 4.79 Å². The van der Waals surface area contributed by atoms with E-state index in [1.165, 1.54) is 0 Å². The largest absolute Gasteiger partial charge is 0.367 e. The maximum absolute atomic E-state index is 12.2. The summed E-state index contributed by atoms with van der Waals surface area (Å²) in [5.41, 5.74) is 0.519. The van der Waals surface area contributed by atoms with Crippen LogP contribution in [0.1, 0.15) is 49.9 Å². The second-order valence-corrected chi connectivity index (χ2v) is 6.80. The number of rotatable bonds is 7. The molecular formula is C19H28N4O2. The number of amides is 2. The number of carbonyl (C=O) groups is 2. The molecule has 1 aliphatic rings. The number of pyridine rings is 1. The second kappa shape index (κ2) is 9.20. The van der Waals surface area contributed by atoms with E-state index in [0.29, 0.717) is 12.1 Å². The molecule has 1 aromatic heterocycles. The van der Waals surface area contributed by atoms with Crippen molar-refractivity contribution in [3.05, 3.63) is 36.5 Å². The predicted octanol–water partition coefficient (Wildman–Crippen LogP) is 2.49. The van der Waals surface area contributed by atoms with Crippen molar-refractivity contribution in [2.75, 3.05) is 11.9 Å². The van der Waals surface area contributed by atoms with E-state index in [9.17, 15) is 9.59 Å². The maximum Gasteiger partial charge on any atom is 0.253 e. The zero-order valence-electron chi connectivity index (χ0n) is 15.0. The lowest BCUT2D eigenvalue weighted by atomic mass is 9.85. The van der Waals surface area contributed by atoms with E-state index < -0.39 is 0 Å². The Labute approximate surface area is 149 Å². The Balaban J connectivity index is 1.89. The van der Waals surface area contributed by atoms with Gasteiger partial charge in [0, 0.05) is 30.7 Å². The van der Waals surface area contributed by atoms with Gasteiger partial charge in [-0.1, -0.05) is 12.5 Å². The summed E-state index contributed by atoms with van der Waals surface area (Å²) >= 11 is 0. The second-order valence-electron chi connectivity index (χ2n) is 6.80. The lowest BCUT2D eigenvalue weighted by Gasteiger charge is -2.29. The molecule has 2 rings (SSSR count). The summed E-state index contributed by atoms with van der Waals surface area (Å²) in [4.78, 5) is 28.4. The predicted molar refractivity (Wildman–Crippen MR) is 99.4 cm³/mol. The molecule has 0 aliphatic heterocycles. The fraction of sp³-hybridized carbons (Fsp3) is 0.526. The molecule has 0 aromatic carbocycles. The Bertz CT molecular complexity index is 598. The van der Waals surface area contributed by atoms with Crippen molar-refractivity contribution < 1.29 is 9.59 Å². The zero-order chi connectivity index (χ0) is 18.2. The molecule has 1 heterocycles. The number of aromatic nitrogens is 1. The van der Waals surface area contributed by atoms with E-state index in [2.05, 4.69) is 27.5 Å². The number of nitrogens with one attached hydrogen (secondary N) is 3. The summed E-state index contributed by atoms with van der Waals surface area (Å²) in [5.74, 6) is 0.763. The van der Waals surface area contributed by atoms with Crippen LogP contribution in [0.15, 0.2) is 31.0 Å². The molecule has 0 bridgehead atoms. The third-order valence-electron chi connectivity index (χ3n) is 4.26. The Morgan fingerprint density at radius 3 is 2.80 bits per heavy atom. The molecule has 6 heteroatoms. The Hall–Kier alpha value is -2.37. The number of nitrogens with zero attached hydrogens (tertiary/aromatic N) is 1. The minimum Gasteiger partial charge on any atom is -0.367 e. The molecule has 3 N–H and O–H groups in total. The summed E-state index contributed by atoms with van der Waals surface area (Å²) in [7, 11) is 0. The maximum atomic E-state index is 12.2. The van der Waals surface area contributed by atoms with Crippen LogP contribution < -0.4 is 16.0 Å².